The first-order valence-corrected chi connectivity index (χ1v) is 8.44. The SMILES string of the molecule is N#Cc1ccc(O[C@H]2C[C@@H](Oc3ccc(C#N)cc3)[C@H](N)C[C@@H]2N)cc1. The van der Waals surface area contributed by atoms with Crippen molar-refractivity contribution in [1.29, 1.82) is 10.5 Å². The molecule has 1 aliphatic rings. The highest BCUT2D eigenvalue weighted by Gasteiger charge is 2.36. The molecule has 0 unspecified atom stereocenters. The van der Waals surface area contributed by atoms with Crippen LogP contribution in [-0.2, 0) is 0 Å². The Labute approximate surface area is 152 Å². The molecule has 0 spiro atoms. The molecule has 1 aliphatic carbocycles. The van der Waals surface area contributed by atoms with E-state index in [9.17, 15) is 0 Å². The van der Waals surface area contributed by atoms with Gasteiger partial charge in [0.1, 0.15) is 23.7 Å². The van der Waals surface area contributed by atoms with Crippen LogP contribution in [-0.4, -0.2) is 24.3 Å². The Morgan fingerprint density at radius 3 is 1.42 bits per heavy atom. The predicted octanol–water partition coefficient (Wildman–Crippen LogP) is 2.07. The summed E-state index contributed by atoms with van der Waals surface area (Å²) in [5.74, 6) is 1.33. The summed E-state index contributed by atoms with van der Waals surface area (Å²) in [6, 6.07) is 17.6. The second kappa shape index (κ2) is 7.88. The second-order valence-corrected chi connectivity index (χ2v) is 6.38. The molecule has 1 fully saturated rings. The Hall–Kier alpha value is -3.06. The van der Waals surface area contributed by atoms with E-state index in [-0.39, 0.29) is 24.3 Å². The van der Waals surface area contributed by atoms with Crippen LogP contribution in [0.2, 0.25) is 0 Å². The molecular formula is C20H20N4O2. The number of nitrogens with zero attached hydrogens (tertiary/aromatic N) is 2. The zero-order chi connectivity index (χ0) is 18.5. The zero-order valence-electron chi connectivity index (χ0n) is 14.2. The summed E-state index contributed by atoms with van der Waals surface area (Å²) in [6.45, 7) is 0. The molecule has 0 heterocycles. The molecule has 3 rings (SSSR count). The molecule has 6 heteroatoms. The predicted molar refractivity (Wildman–Crippen MR) is 96.3 cm³/mol. The van der Waals surface area contributed by atoms with Crippen LogP contribution in [0.3, 0.4) is 0 Å². The van der Waals surface area contributed by atoms with Crippen LogP contribution in [0.5, 0.6) is 11.5 Å². The minimum absolute atomic E-state index is 0.193. The van der Waals surface area contributed by atoms with Crippen molar-refractivity contribution in [1.82, 2.24) is 0 Å². The fourth-order valence-corrected chi connectivity index (χ4v) is 3.03. The third kappa shape index (κ3) is 4.12. The number of benzene rings is 2. The van der Waals surface area contributed by atoms with E-state index in [0.29, 0.717) is 35.5 Å². The molecular weight excluding hydrogens is 328 g/mol. The van der Waals surface area contributed by atoms with Gasteiger partial charge in [-0.3, -0.25) is 0 Å². The zero-order valence-corrected chi connectivity index (χ0v) is 14.2. The molecule has 4 atom stereocenters. The molecule has 6 nitrogen and oxygen atoms in total. The van der Waals surface area contributed by atoms with Crippen molar-refractivity contribution in [3.8, 4) is 23.6 Å². The van der Waals surface area contributed by atoms with Crippen LogP contribution in [0, 0.1) is 22.7 Å². The van der Waals surface area contributed by atoms with Gasteiger partial charge in [0.05, 0.1) is 23.3 Å². The molecule has 0 aliphatic heterocycles. The van der Waals surface area contributed by atoms with Gasteiger partial charge in [0.2, 0.25) is 0 Å². The van der Waals surface area contributed by atoms with Gasteiger partial charge in [-0.25, -0.2) is 0 Å². The first kappa shape index (κ1) is 17.8. The average molecular weight is 348 g/mol. The second-order valence-electron chi connectivity index (χ2n) is 6.38. The molecule has 26 heavy (non-hydrogen) atoms. The lowest BCUT2D eigenvalue weighted by molar-refractivity contribution is 0.0405. The molecule has 0 aromatic heterocycles. The highest BCUT2D eigenvalue weighted by atomic mass is 16.5. The third-order valence-corrected chi connectivity index (χ3v) is 4.51. The molecule has 0 amide bonds. The molecule has 0 bridgehead atoms. The standard InChI is InChI=1S/C20H20N4O2/c21-11-13-1-5-15(6-2-13)25-19-10-20(18(24)9-17(19)23)26-16-7-3-14(12-22)4-8-16/h1-8,17-20H,9-10,23-24H2/t17-,18+,19-,20+. The van der Waals surface area contributed by atoms with Crippen molar-refractivity contribution in [2.75, 3.05) is 0 Å². The first-order valence-electron chi connectivity index (χ1n) is 8.44. The number of nitrogens with two attached hydrogens (primary N) is 2. The topological polar surface area (TPSA) is 118 Å². The van der Waals surface area contributed by atoms with Gasteiger partial charge in [0, 0.05) is 18.5 Å². The van der Waals surface area contributed by atoms with Gasteiger partial charge >= 0.3 is 0 Å². The lowest BCUT2D eigenvalue weighted by Crippen LogP contribution is -2.56. The summed E-state index contributed by atoms with van der Waals surface area (Å²) in [5, 5.41) is 17.7. The molecule has 0 saturated heterocycles. The molecule has 2 aromatic carbocycles. The van der Waals surface area contributed by atoms with Gasteiger partial charge in [-0.1, -0.05) is 0 Å². The molecule has 1 saturated carbocycles. The Kier molecular flexibility index (Phi) is 5.38. The lowest BCUT2D eigenvalue weighted by Gasteiger charge is -2.38. The van der Waals surface area contributed by atoms with Crippen molar-refractivity contribution >= 4 is 0 Å². The van der Waals surface area contributed by atoms with E-state index in [1.807, 2.05) is 0 Å². The molecule has 0 radical (unpaired) electrons. The number of hydrogen-bond donors (Lipinski definition) is 2. The van der Waals surface area contributed by atoms with E-state index >= 15 is 0 Å². The smallest absolute Gasteiger partial charge is 0.119 e. The van der Waals surface area contributed by atoms with Crippen LogP contribution in [0.4, 0.5) is 0 Å². The number of hydrogen-bond acceptors (Lipinski definition) is 6. The van der Waals surface area contributed by atoms with Crippen LogP contribution in [0.15, 0.2) is 48.5 Å². The quantitative estimate of drug-likeness (QED) is 0.873. The summed E-state index contributed by atoms with van der Waals surface area (Å²) >= 11 is 0. The van der Waals surface area contributed by atoms with E-state index in [1.54, 1.807) is 48.5 Å². The average Bonchev–Trinajstić information content (AvgIpc) is 2.66. The fraction of sp³-hybridized carbons (Fsp3) is 0.300. The van der Waals surface area contributed by atoms with E-state index in [1.165, 1.54) is 0 Å². The fourth-order valence-electron chi connectivity index (χ4n) is 3.03. The van der Waals surface area contributed by atoms with Crippen LogP contribution >= 0.6 is 0 Å². The van der Waals surface area contributed by atoms with Gasteiger partial charge in [-0.05, 0) is 55.0 Å². The first-order chi connectivity index (χ1) is 12.6. The number of rotatable bonds is 4. The largest absolute Gasteiger partial charge is 0.489 e. The van der Waals surface area contributed by atoms with Gasteiger partial charge in [0.15, 0.2) is 0 Å². The summed E-state index contributed by atoms with van der Waals surface area (Å²) in [7, 11) is 0. The Morgan fingerprint density at radius 1 is 0.692 bits per heavy atom. The Balaban J connectivity index is 1.67. The third-order valence-electron chi connectivity index (χ3n) is 4.51. The van der Waals surface area contributed by atoms with Crippen molar-refractivity contribution in [2.24, 2.45) is 11.5 Å². The van der Waals surface area contributed by atoms with Crippen molar-refractivity contribution in [3.63, 3.8) is 0 Å². The van der Waals surface area contributed by atoms with E-state index in [2.05, 4.69) is 12.1 Å². The highest BCUT2D eigenvalue weighted by molar-refractivity contribution is 5.35. The van der Waals surface area contributed by atoms with Crippen LogP contribution in [0.1, 0.15) is 24.0 Å². The van der Waals surface area contributed by atoms with Gasteiger partial charge < -0.3 is 20.9 Å². The van der Waals surface area contributed by atoms with Crippen molar-refractivity contribution < 1.29 is 9.47 Å². The van der Waals surface area contributed by atoms with Gasteiger partial charge in [-0.2, -0.15) is 10.5 Å². The van der Waals surface area contributed by atoms with Crippen molar-refractivity contribution in [2.45, 2.75) is 37.1 Å². The minimum Gasteiger partial charge on any atom is -0.489 e. The highest BCUT2D eigenvalue weighted by Crippen LogP contribution is 2.26. The molecule has 132 valence electrons. The maximum atomic E-state index is 8.87. The van der Waals surface area contributed by atoms with Gasteiger partial charge in [-0.15, -0.1) is 0 Å². The number of ether oxygens (including phenoxy) is 2. The monoisotopic (exact) mass is 348 g/mol. The summed E-state index contributed by atoms with van der Waals surface area (Å²) in [4.78, 5) is 0. The summed E-state index contributed by atoms with van der Waals surface area (Å²) < 4.78 is 12.0. The summed E-state index contributed by atoms with van der Waals surface area (Å²) in [5.41, 5.74) is 13.6. The van der Waals surface area contributed by atoms with Crippen LogP contribution < -0.4 is 20.9 Å². The van der Waals surface area contributed by atoms with E-state index < -0.39 is 0 Å². The van der Waals surface area contributed by atoms with Crippen LogP contribution in [0.25, 0.3) is 0 Å². The van der Waals surface area contributed by atoms with Gasteiger partial charge in [0.25, 0.3) is 0 Å². The number of nitriles is 2. The lowest BCUT2D eigenvalue weighted by atomic mass is 9.87. The van der Waals surface area contributed by atoms with E-state index in [0.717, 1.165) is 0 Å². The maximum Gasteiger partial charge on any atom is 0.119 e. The molecule has 2 aromatic rings. The summed E-state index contributed by atoms with van der Waals surface area (Å²) in [6.07, 6.45) is 0.682. The Morgan fingerprint density at radius 2 is 1.08 bits per heavy atom. The van der Waals surface area contributed by atoms with Crippen molar-refractivity contribution in [3.05, 3.63) is 59.7 Å². The maximum absolute atomic E-state index is 8.87. The Bertz CT molecular complexity index is 751. The molecule has 4 N–H and O–H groups in total. The minimum atomic E-state index is -0.230. The normalized spacial score (nSPS) is 24.9. The van der Waals surface area contributed by atoms with E-state index in [4.69, 9.17) is 31.5 Å².